The maximum atomic E-state index is 11.0. The molecular weight excluding hydrogens is 164 g/mol. The van der Waals surface area contributed by atoms with Crippen LogP contribution in [0.1, 0.15) is 0 Å². The number of nitrogens with one attached hydrogen (secondary N) is 1. The van der Waals surface area contributed by atoms with E-state index in [0.29, 0.717) is 4.90 Å². The van der Waals surface area contributed by atoms with E-state index < -0.39 is 11.0 Å². The maximum absolute atomic E-state index is 11.0. The standard InChI is InChI=1S/C6H8N2O2S/c1-8-6(10)5(9)4(11-2)3-7-8/h3,7H,1-2H3. The van der Waals surface area contributed by atoms with Crippen molar-refractivity contribution in [1.29, 1.82) is 0 Å². The van der Waals surface area contributed by atoms with Crippen molar-refractivity contribution < 1.29 is 0 Å². The number of aromatic nitrogens is 2. The Balaban J connectivity index is 3.51. The number of aromatic amines is 1. The maximum Gasteiger partial charge on any atom is 0.313 e. The molecule has 0 aliphatic carbocycles. The van der Waals surface area contributed by atoms with E-state index >= 15 is 0 Å². The second-order valence-corrected chi connectivity index (χ2v) is 2.88. The van der Waals surface area contributed by atoms with E-state index in [1.807, 2.05) is 0 Å². The zero-order chi connectivity index (χ0) is 8.43. The molecule has 60 valence electrons. The largest absolute Gasteiger partial charge is 0.313 e. The number of hydrogen-bond donors (Lipinski definition) is 1. The molecule has 0 aliphatic rings. The Bertz CT molecular complexity index is 366. The fourth-order valence-corrected chi connectivity index (χ4v) is 1.13. The van der Waals surface area contributed by atoms with Gasteiger partial charge in [0.1, 0.15) is 0 Å². The van der Waals surface area contributed by atoms with Crippen molar-refractivity contribution in [3.63, 3.8) is 0 Å². The summed E-state index contributed by atoms with van der Waals surface area (Å²) in [5.41, 5.74) is -0.962. The van der Waals surface area contributed by atoms with Gasteiger partial charge in [0.2, 0.25) is 0 Å². The predicted molar refractivity (Wildman–Crippen MR) is 44.1 cm³/mol. The van der Waals surface area contributed by atoms with Gasteiger partial charge < -0.3 is 5.10 Å². The highest BCUT2D eigenvalue weighted by Gasteiger charge is 2.01. The van der Waals surface area contributed by atoms with E-state index in [-0.39, 0.29) is 0 Å². The fraction of sp³-hybridized carbons (Fsp3) is 0.333. The van der Waals surface area contributed by atoms with Gasteiger partial charge in [-0.15, -0.1) is 11.8 Å². The number of hydrogen-bond acceptors (Lipinski definition) is 3. The second kappa shape index (κ2) is 2.96. The van der Waals surface area contributed by atoms with Crippen LogP contribution in [-0.4, -0.2) is 16.0 Å². The third-order valence-electron chi connectivity index (χ3n) is 1.33. The Morgan fingerprint density at radius 3 is 2.73 bits per heavy atom. The van der Waals surface area contributed by atoms with Crippen LogP contribution < -0.4 is 11.0 Å². The van der Waals surface area contributed by atoms with Crippen LogP contribution in [0, 0.1) is 0 Å². The summed E-state index contributed by atoms with van der Waals surface area (Å²) in [5.74, 6) is 0. The first-order chi connectivity index (χ1) is 5.16. The number of nitrogens with zero attached hydrogens (tertiary/aromatic N) is 1. The minimum atomic E-state index is -0.517. The summed E-state index contributed by atoms with van der Waals surface area (Å²) in [5, 5.41) is 2.64. The monoisotopic (exact) mass is 172 g/mol. The Kier molecular flexibility index (Phi) is 2.19. The molecule has 0 amide bonds. The minimum Gasteiger partial charge on any atom is -0.302 e. The molecule has 1 aromatic heterocycles. The van der Waals surface area contributed by atoms with E-state index in [4.69, 9.17) is 0 Å². The molecule has 0 saturated carbocycles. The van der Waals surface area contributed by atoms with Crippen LogP contribution in [0.15, 0.2) is 20.7 Å². The highest BCUT2D eigenvalue weighted by atomic mass is 32.2. The average molecular weight is 172 g/mol. The molecule has 0 radical (unpaired) electrons. The Morgan fingerprint density at radius 2 is 2.18 bits per heavy atom. The van der Waals surface area contributed by atoms with Gasteiger partial charge in [0.15, 0.2) is 0 Å². The SMILES string of the molecule is CSc1c[nH]n(C)c(=O)c1=O. The van der Waals surface area contributed by atoms with Gasteiger partial charge in [-0.1, -0.05) is 0 Å². The quantitative estimate of drug-likeness (QED) is 0.471. The summed E-state index contributed by atoms with van der Waals surface area (Å²) >= 11 is 1.26. The van der Waals surface area contributed by atoms with Crippen LogP contribution in [-0.2, 0) is 7.05 Å². The topological polar surface area (TPSA) is 54.9 Å². The van der Waals surface area contributed by atoms with Gasteiger partial charge in [0, 0.05) is 13.2 Å². The van der Waals surface area contributed by atoms with Crippen molar-refractivity contribution in [2.24, 2.45) is 7.05 Å². The number of thioether (sulfide) groups is 1. The minimum absolute atomic E-state index is 0.446. The van der Waals surface area contributed by atoms with Crippen molar-refractivity contribution >= 4 is 11.8 Å². The van der Waals surface area contributed by atoms with Gasteiger partial charge in [-0.05, 0) is 6.26 Å². The Hall–Kier alpha value is -0.970. The van der Waals surface area contributed by atoms with Gasteiger partial charge in [-0.3, -0.25) is 14.3 Å². The van der Waals surface area contributed by atoms with Gasteiger partial charge in [-0.2, -0.15) is 0 Å². The third kappa shape index (κ3) is 1.37. The number of H-pyrrole nitrogens is 1. The molecule has 1 heterocycles. The average Bonchev–Trinajstić information content (AvgIpc) is 2.01. The van der Waals surface area contributed by atoms with Crippen LogP contribution >= 0.6 is 11.8 Å². The summed E-state index contributed by atoms with van der Waals surface area (Å²) in [6, 6.07) is 0. The fourth-order valence-electron chi connectivity index (χ4n) is 0.689. The van der Waals surface area contributed by atoms with Gasteiger partial charge in [-0.25, -0.2) is 0 Å². The highest BCUT2D eigenvalue weighted by molar-refractivity contribution is 7.98. The summed E-state index contributed by atoms with van der Waals surface area (Å²) in [6.07, 6.45) is 3.28. The molecule has 5 heteroatoms. The van der Waals surface area contributed by atoms with Crippen molar-refractivity contribution in [2.45, 2.75) is 4.90 Å². The molecule has 0 unspecified atom stereocenters. The van der Waals surface area contributed by atoms with Crippen molar-refractivity contribution in [3.05, 3.63) is 26.8 Å². The highest BCUT2D eigenvalue weighted by Crippen LogP contribution is 2.03. The van der Waals surface area contributed by atoms with Crippen LogP contribution in [0.3, 0.4) is 0 Å². The molecule has 11 heavy (non-hydrogen) atoms. The Morgan fingerprint density at radius 1 is 1.55 bits per heavy atom. The molecule has 0 fully saturated rings. The summed E-state index contributed by atoms with van der Waals surface area (Å²) < 4.78 is 1.15. The normalized spacial score (nSPS) is 10.0. The van der Waals surface area contributed by atoms with Crippen molar-refractivity contribution in [1.82, 2.24) is 9.78 Å². The lowest BCUT2D eigenvalue weighted by molar-refractivity contribution is 0.687. The summed E-state index contributed by atoms with van der Waals surface area (Å²) in [4.78, 5) is 22.5. The zero-order valence-electron chi connectivity index (χ0n) is 6.25. The lowest BCUT2D eigenvalue weighted by Crippen LogP contribution is -2.34. The first kappa shape index (κ1) is 8.13. The molecule has 0 aliphatic heterocycles. The molecule has 1 rings (SSSR count). The van der Waals surface area contributed by atoms with Crippen LogP contribution in [0.4, 0.5) is 0 Å². The van der Waals surface area contributed by atoms with Crippen LogP contribution in [0.2, 0.25) is 0 Å². The van der Waals surface area contributed by atoms with Gasteiger partial charge in [0.05, 0.1) is 4.90 Å². The molecule has 0 spiro atoms. The summed E-state index contributed by atoms with van der Waals surface area (Å²) in [6.45, 7) is 0. The molecule has 1 N–H and O–H groups in total. The lowest BCUT2D eigenvalue weighted by atomic mass is 10.5. The number of aryl methyl sites for hydroxylation is 1. The molecule has 0 bridgehead atoms. The second-order valence-electron chi connectivity index (χ2n) is 2.04. The Labute approximate surface area is 67.2 Å². The lowest BCUT2D eigenvalue weighted by Gasteiger charge is -1.97. The van der Waals surface area contributed by atoms with Gasteiger partial charge in [0.25, 0.3) is 5.43 Å². The molecule has 1 aromatic rings. The van der Waals surface area contributed by atoms with Crippen LogP contribution in [0.5, 0.6) is 0 Å². The molecule has 0 atom stereocenters. The van der Waals surface area contributed by atoms with Crippen molar-refractivity contribution in [2.75, 3.05) is 6.26 Å². The molecule has 0 aromatic carbocycles. The molecule has 0 saturated heterocycles. The first-order valence-electron chi connectivity index (χ1n) is 2.99. The van der Waals surface area contributed by atoms with E-state index in [1.54, 1.807) is 6.26 Å². The molecular formula is C6H8N2O2S. The smallest absolute Gasteiger partial charge is 0.302 e. The predicted octanol–water partition coefficient (Wildman–Crippen LogP) is -0.204. The van der Waals surface area contributed by atoms with Crippen LogP contribution in [0.25, 0.3) is 0 Å². The van der Waals surface area contributed by atoms with E-state index in [1.165, 1.54) is 25.0 Å². The van der Waals surface area contributed by atoms with Gasteiger partial charge >= 0.3 is 5.56 Å². The first-order valence-corrected chi connectivity index (χ1v) is 4.22. The van der Waals surface area contributed by atoms with E-state index in [2.05, 4.69) is 5.10 Å². The van der Waals surface area contributed by atoms with E-state index in [0.717, 1.165) is 4.68 Å². The van der Waals surface area contributed by atoms with Crippen molar-refractivity contribution in [3.8, 4) is 0 Å². The molecule has 4 nitrogen and oxygen atoms in total. The number of rotatable bonds is 1. The third-order valence-corrected chi connectivity index (χ3v) is 2.07. The van der Waals surface area contributed by atoms with E-state index in [9.17, 15) is 9.59 Å². The zero-order valence-corrected chi connectivity index (χ0v) is 7.07. The summed E-state index contributed by atoms with van der Waals surface area (Å²) in [7, 11) is 1.51.